The van der Waals surface area contributed by atoms with Crippen molar-refractivity contribution in [2.24, 2.45) is 0 Å². The standard InChI is InChI=1S/C22H23ClN2O2/c23-19-13-7-6-12-18(19)16-20(22(27)25-14-8-1-2-9-15-25)24-21(26)17-10-4-3-5-11-17/h3-7,10-13,16H,1-2,8-9,14-15H2,(H,24,26). The number of rotatable bonds is 4. The summed E-state index contributed by atoms with van der Waals surface area (Å²) in [6.45, 7) is 1.42. The second-order valence-electron chi connectivity index (χ2n) is 6.61. The molecule has 1 aliphatic rings. The predicted molar refractivity (Wildman–Crippen MR) is 108 cm³/mol. The van der Waals surface area contributed by atoms with E-state index in [0.717, 1.165) is 25.7 Å². The fourth-order valence-electron chi connectivity index (χ4n) is 3.13. The van der Waals surface area contributed by atoms with Crippen LogP contribution < -0.4 is 5.32 Å². The summed E-state index contributed by atoms with van der Waals surface area (Å²) in [6.07, 6.45) is 5.89. The van der Waals surface area contributed by atoms with E-state index < -0.39 is 0 Å². The van der Waals surface area contributed by atoms with Gasteiger partial charge in [-0.15, -0.1) is 0 Å². The fourth-order valence-corrected chi connectivity index (χ4v) is 3.32. The van der Waals surface area contributed by atoms with Crippen LogP contribution in [0, 0.1) is 0 Å². The molecular weight excluding hydrogens is 360 g/mol. The SMILES string of the molecule is O=C(NC(=Cc1ccccc1Cl)C(=O)N1CCCCCC1)c1ccccc1. The monoisotopic (exact) mass is 382 g/mol. The number of nitrogens with one attached hydrogen (secondary N) is 1. The summed E-state index contributed by atoms with van der Waals surface area (Å²) in [6, 6.07) is 16.2. The van der Waals surface area contributed by atoms with E-state index in [1.54, 1.807) is 36.4 Å². The Kier molecular flexibility index (Phi) is 6.66. The normalized spacial score (nSPS) is 15.1. The minimum absolute atomic E-state index is 0.166. The van der Waals surface area contributed by atoms with Gasteiger partial charge in [0.1, 0.15) is 5.70 Å². The van der Waals surface area contributed by atoms with Crippen molar-refractivity contribution in [1.29, 1.82) is 0 Å². The molecule has 0 unspecified atom stereocenters. The van der Waals surface area contributed by atoms with Gasteiger partial charge in [-0.2, -0.15) is 0 Å². The van der Waals surface area contributed by atoms with Gasteiger partial charge in [-0.1, -0.05) is 60.8 Å². The van der Waals surface area contributed by atoms with E-state index in [0.29, 0.717) is 29.2 Å². The van der Waals surface area contributed by atoms with E-state index >= 15 is 0 Å². The number of nitrogens with zero attached hydrogens (tertiary/aromatic N) is 1. The average Bonchev–Trinajstić information content (AvgIpc) is 2.98. The lowest BCUT2D eigenvalue weighted by Gasteiger charge is -2.22. The van der Waals surface area contributed by atoms with Gasteiger partial charge in [-0.25, -0.2) is 0 Å². The molecule has 1 saturated heterocycles. The van der Waals surface area contributed by atoms with Gasteiger partial charge in [0.25, 0.3) is 11.8 Å². The number of carbonyl (C=O) groups is 2. The van der Waals surface area contributed by atoms with E-state index in [9.17, 15) is 9.59 Å². The maximum Gasteiger partial charge on any atom is 0.270 e. The molecule has 3 rings (SSSR count). The zero-order chi connectivity index (χ0) is 19.1. The maximum absolute atomic E-state index is 13.1. The predicted octanol–water partition coefficient (Wildman–Crippen LogP) is 4.51. The molecule has 2 aromatic rings. The smallest absolute Gasteiger partial charge is 0.270 e. The van der Waals surface area contributed by atoms with Crippen LogP contribution in [0.15, 0.2) is 60.3 Å². The third-order valence-electron chi connectivity index (χ3n) is 4.61. The maximum atomic E-state index is 13.1. The Labute approximate surface area is 164 Å². The van der Waals surface area contributed by atoms with Crippen LogP contribution in [0.3, 0.4) is 0 Å². The van der Waals surface area contributed by atoms with Crippen LogP contribution in [-0.2, 0) is 4.79 Å². The molecule has 0 bridgehead atoms. The fraction of sp³-hybridized carbons (Fsp3) is 0.273. The van der Waals surface area contributed by atoms with Gasteiger partial charge in [0.2, 0.25) is 0 Å². The van der Waals surface area contributed by atoms with Crippen LogP contribution in [0.2, 0.25) is 5.02 Å². The van der Waals surface area contributed by atoms with Crippen LogP contribution in [-0.4, -0.2) is 29.8 Å². The van der Waals surface area contributed by atoms with Crippen LogP contribution in [0.25, 0.3) is 6.08 Å². The van der Waals surface area contributed by atoms with E-state index in [-0.39, 0.29) is 17.5 Å². The number of likely N-dealkylation sites (tertiary alicyclic amines) is 1. The Morgan fingerprint density at radius 3 is 2.19 bits per heavy atom. The molecule has 5 heteroatoms. The lowest BCUT2D eigenvalue weighted by molar-refractivity contribution is -0.127. The van der Waals surface area contributed by atoms with Gasteiger partial charge in [-0.3, -0.25) is 9.59 Å². The van der Waals surface area contributed by atoms with Gasteiger partial charge in [0.15, 0.2) is 0 Å². The minimum atomic E-state index is -0.308. The molecule has 0 radical (unpaired) electrons. The van der Waals surface area contributed by atoms with Crippen LogP contribution in [0.5, 0.6) is 0 Å². The van der Waals surface area contributed by atoms with E-state index in [2.05, 4.69) is 5.32 Å². The zero-order valence-electron chi connectivity index (χ0n) is 15.2. The molecule has 4 nitrogen and oxygen atoms in total. The lowest BCUT2D eigenvalue weighted by Crippen LogP contribution is -2.39. The Morgan fingerprint density at radius 2 is 1.52 bits per heavy atom. The number of carbonyl (C=O) groups excluding carboxylic acids is 2. The first-order valence-corrected chi connectivity index (χ1v) is 9.65. The zero-order valence-corrected chi connectivity index (χ0v) is 15.9. The van der Waals surface area contributed by atoms with Crippen molar-refractivity contribution in [3.05, 3.63) is 76.4 Å². The first-order valence-electron chi connectivity index (χ1n) is 9.27. The van der Waals surface area contributed by atoms with Crippen molar-refractivity contribution in [1.82, 2.24) is 10.2 Å². The molecule has 1 heterocycles. The molecule has 0 spiro atoms. The van der Waals surface area contributed by atoms with Crippen molar-refractivity contribution in [3.8, 4) is 0 Å². The van der Waals surface area contributed by atoms with E-state index in [4.69, 9.17) is 11.6 Å². The van der Waals surface area contributed by atoms with Gasteiger partial charge < -0.3 is 10.2 Å². The van der Waals surface area contributed by atoms with Crippen molar-refractivity contribution in [3.63, 3.8) is 0 Å². The second-order valence-corrected chi connectivity index (χ2v) is 7.01. The summed E-state index contributed by atoms with van der Waals surface area (Å²) in [5.41, 5.74) is 1.45. The van der Waals surface area contributed by atoms with E-state index in [1.807, 2.05) is 29.2 Å². The Hall–Kier alpha value is -2.59. The Bertz CT molecular complexity index is 825. The summed E-state index contributed by atoms with van der Waals surface area (Å²) in [7, 11) is 0. The Balaban J connectivity index is 1.89. The molecule has 0 atom stereocenters. The van der Waals surface area contributed by atoms with Gasteiger partial charge in [-0.05, 0) is 42.7 Å². The number of amides is 2. The Morgan fingerprint density at radius 1 is 0.889 bits per heavy atom. The first-order chi connectivity index (χ1) is 13.1. The van der Waals surface area contributed by atoms with Crippen molar-refractivity contribution in [2.75, 3.05) is 13.1 Å². The molecule has 0 aliphatic carbocycles. The van der Waals surface area contributed by atoms with E-state index in [1.165, 1.54) is 0 Å². The first kappa shape index (κ1) is 19.2. The highest BCUT2D eigenvalue weighted by atomic mass is 35.5. The summed E-state index contributed by atoms with van der Waals surface area (Å²) in [4.78, 5) is 27.6. The minimum Gasteiger partial charge on any atom is -0.337 e. The molecule has 2 amide bonds. The lowest BCUT2D eigenvalue weighted by atomic mass is 10.1. The third kappa shape index (κ3) is 5.20. The van der Waals surface area contributed by atoms with Crippen molar-refractivity contribution >= 4 is 29.5 Å². The second kappa shape index (κ2) is 9.38. The largest absolute Gasteiger partial charge is 0.337 e. The van der Waals surface area contributed by atoms with Crippen LogP contribution in [0.4, 0.5) is 0 Å². The number of halogens is 1. The molecule has 0 saturated carbocycles. The summed E-state index contributed by atoms with van der Waals surface area (Å²) < 4.78 is 0. The molecule has 1 N–H and O–H groups in total. The van der Waals surface area contributed by atoms with Crippen LogP contribution in [0.1, 0.15) is 41.6 Å². The number of hydrogen-bond acceptors (Lipinski definition) is 2. The highest BCUT2D eigenvalue weighted by Gasteiger charge is 2.22. The molecule has 1 fully saturated rings. The molecule has 140 valence electrons. The topological polar surface area (TPSA) is 49.4 Å². The molecular formula is C22H23ClN2O2. The van der Waals surface area contributed by atoms with Crippen LogP contribution >= 0.6 is 11.6 Å². The summed E-state index contributed by atoms with van der Waals surface area (Å²) >= 11 is 6.26. The van der Waals surface area contributed by atoms with Gasteiger partial charge in [0.05, 0.1) is 0 Å². The molecule has 27 heavy (non-hydrogen) atoms. The molecule has 2 aromatic carbocycles. The highest BCUT2D eigenvalue weighted by molar-refractivity contribution is 6.32. The molecule has 0 aromatic heterocycles. The van der Waals surface area contributed by atoms with Crippen molar-refractivity contribution in [2.45, 2.75) is 25.7 Å². The number of hydrogen-bond donors (Lipinski definition) is 1. The highest BCUT2D eigenvalue weighted by Crippen LogP contribution is 2.19. The summed E-state index contributed by atoms with van der Waals surface area (Å²) in [5, 5.41) is 3.33. The summed E-state index contributed by atoms with van der Waals surface area (Å²) in [5.74, 6) is -0.474. The quantitative estimate of drug-likeness (QED) is 0.790. The third-order valence-corrected chi connectivity index (χ3v) is 4.96. The number of benzene rings is 2. The van der Waals surface area contributed by atoms with Gasteiger partial charge in [0, 0.05) is 23.7 Å². The average molecular weight is 383 g/mol. The van der Waals surface area contributed by atoms with Gasteiger partial charge >= 0.3 is 0 Å². The molecule has 1 aliphatic heterocycles. The van der Waals surface area contributed by atoms with Crippen molar-refractivity contribution < 1.29 is 9.59 Å².